The minimum absolute atomic E-state index is 0.0515. The lowest BCUT2D eigenvalue weighted by Crippen LogP contribution is -2.29. The number of hydrogen-bond acceptors (Lipinski definition) is 5. The fourth-order valence-electron chi connectivity index (χ4n) is 4.06. The highest BCUT2D eigenvalue weighted by molar-refractivity contribution is 7.99. The molecule has 1 atom stereocenters. The normalized spacial score (nSPS) is 15.2. The average Bonchev–Trinajstić information content (AvgIpc) is 3.40. The number of benzene rings is 2. The third-order valence-electron chi connectivity index (χ3n) is 5.51. The van der Waals surface area contributed by atoms with Crippen LogP contribution in [0.3, 0.4) is 0 Å². The Hall–Kier alpha value is -2.90. The van der Waals surface area contributed by atoms with Crippen molar-refractivity contribution in [3.05, 3.63) is 87.0 Å². The minimum atomic E-state index is -0.0989. The molecule has 4 aromatic rings. The Morgan fingerprint density at radius 2 is 2.10 bits per heavy atom. The Morgan fingerprint density at radius 3 is 2.97 bits per heavy atom. The molecule has 0 saturated carbocycles. The second-order valence-corrected chi connectivity index (χ2v) is 9.51. The van der Waals surface area contributed by atoms with Gasteiger partial charge in [-0.1, -0.05) is 48.2 Å². The SMILES string of the molecule is Cc1cccc(-n2c(SCC(=O)N[C@@H]3CCc4ccccc43)nc3ccsc3c2=O)c1. The molecule has 5 nitrogen and oxygen atoms in total. The van der Waals surface area contributed by atoms with Crippen LogP contribution in [0.2, 0.25) is 0 Å². The Kier molecular flexibility index (Phi) is 5.38. The van der Waals surface area contributed by atoms with Crippen molar-refractivity contribution in [1.82, 2.24) is 14.9 Å². The van der Waals surface area contributed by atoms with Crippen LogP contribution in [0.5, 0.6) is 0 Å². The molecule has 1 N–H and O–H groups in total. The summed E-state index contributed by atoms with van der Waals surface area (Å²) < 4.78 is 2.24. The standard InChI is InChI=1S/C24H21N3O2S2/c1-15-5-4-7-17(13-15)27-23(29)22-20(11-12-30-22)26-24(27)31-14-21(28)25-19-10-9-16-6-2-3-8-18(16)19/h2-8,11-13,19H,9-10,14H2,1H3,(H,25,28)/t19-/m1/s1. The molecular weight excluding hydrogens is 426 g/mol. The second kappa shape index (κ2) is 8.32. The Balaban J connectivity index is 1.41. The van der Waals surface area contributed by atoms with Crippen LogP contribution < -0.4 is 10.9 Å². The summed E-state index contributed by atoms with van der Waals surface area (Å²) in [7, 11) is 0. The van der Waals surface area contributed by atoms with Crippen LogP contribution in [0.4, 0.5) is 0 Å². The maximum atomic E-state index is 13.2. The van der Waals surface area contributed by atoms with Crippen LogP contribution in [0.25, 0.3) is 15.9 Å². The van der Waals surface area contributed by atoms with E-state index in [1.807, 2.05) is 54.8 Å². The van der Waals surface area contributed by atoms with E-state index in [-0.39, 0.29) is 23.3 Å². The maximum Gasteiger partial charge on any atom is 0.276 e. The highest BCUT2D eigenvalue weighted by atomic mass is 32.2. The van der Waals surface area contributed by atoms with Gasteiger partial charge in [0, 0.05) is 0 Å². The van der Waals surface area contributed by atoms with Crippen molar-refractivity contribution in [3.8, 4) is 5.69 Å². The van der Waals surface area contributed by atoms with Gasteiger partial charge in [0.15, 0.2) is 5.16 Å². The van der Waals surface area contributed by atoms with E-state index in [0.717, 1.165) is 24.1 Å². The van der Waals surface area contributed by atoms with Gasteiger partial charge in [-0.05, 0) is 60.0 Å². The van der Waals surface area contributed by atoms with E-state index in [0.29, 0.717) is 15.4 Å². The molecule has 0 radical (unpaired) electrons. The van der Waals surface area contributed by atoms with Crippen molar-refractivity contribution >= 4 is 39.2 Å². The first-order valence-electron chi connectivity index (χ1n) is 10.2. The zero-order valence-electron chi connectivity index (χ0n) is 17.0. The maximum absolute atomic E-state index is 13.2. The van der Waals surface area contributed by atoms with Crippen LogP contribution in [-0.4, -0.2) is 21.2 Å². The summed E-state index contributed by atoms with van der Waals surface area (Å²) in [5.74, 6) is 0.147. The number of nitrogens with one attached hydrogen (secondary N) is 1. The summed E-state index contributed by atoms with van der Waals surface area (Å²) in [5, 5.41) is 5.55. The smallest absolute Gasteiger partial charge is 0.276 e. The average molecular weight is 448 g/mol. The molecule has 0 spiro atoms. The van der Waals surface area contributed by atoms with Gasteiger partial charge < -0.3 is 5.32 Å². The van der Waals surface area contributed by atoms with E-state index >= 15 is 0 Å². The Labute approximate surface area is 188 Å². The molecule has 156 valence electrons. The Bertz CT molecular complexity index is 1340. The molecule has 2 aromatic heterocycles. The van der Waals surface area contributed by atoms with Crippen LogP contribution in [0, 0.1) is 6.92 Å². The van der Waals surface area contributed by atoms with E-state index in [2.05, 4.69) is 17.4 Å². The molecule has 1 amide bonds. The first-order valence-corrected chi connectivity index (χ1v) is 12.0. The first-order chi connectivity index (χ1) is 15.1. The molecule has 2 aromatic carbocycles. The molecule has 0 bridgehead atoms. The Morgan fingerprint density at radius 1 is 1.23 bits per heavy atom. The minimum Gasteiger partial charge on any atom is -0.349 e. The van der Waals surface area contributed by atoms with Crippen LogP contribution in [-0.2, 0) is 11.2 Å². The first kappa shape index (κ1) is 20.0. The van der Waals surface area contributed by atoms with Gasteiger partial charge in [-0.15, -0.1) is 11.3 Å². The highest BCUT2D eigenvalue weighted by Crippen LogP contribution is 2.31. The molecule has 2 heterocycles. The molecule has 1 aliphatic carbocycles. The molecule has 1 aliphatic rings. The van der Waals surface area contributed by atoms with Crippen molar-refractivity contribution in [2.45, 2.75) is 31.0 Å². The molecular formula is C24H21N3O2S2. The number of carbonyl (C=O) groups is 1. The fourth-order valence-corrected chi connectivity index (χ4v) is 5.64. The fraction of sp³-hybridized carbons (Fsp3) is 0.208. The number of thioether (sulfide) groups is 1. The summed E-state index contributed by atoms with van der Waals surface area (Å²) in [6.45, 7) is 1.99. The van der Waals surface area contributed by atoms with E-state index in [1.54, 1.807) is 4.57 Å². The van der Waals surface area contributed by atoms with Crippen LogP contribution in [0.1, 0.15) is 29.2 Å². The highest BCUT2D eigenvalue weighted by Gasteiger charge is 2.24. The van der Waals surface area contributed by atoms with Crippen LogP contribution in [0.15, 0.2) is 69.9 Å². The summed E-state index contributed by atoms with van der Waals surface area (Å²) in [5.41, 5.74) is 4.91. The van der Waals surface area contributed by atoms with Crippen molar-refractivity contribution in [2.24, 2.45) is 0 Å². The number of thiophene rings is 1. The van der Waals surface area contributed by atoms with Gasteiger partial charge in [0.05, 0.1) is 23.0 Å². The van der Waals surface area contributed by atoms with Gasteiger partial charge in [0.2, 0.25) is 5.91 Å². The number of amides is 1. The van der Waals surface area contributed by atoms with E-state index in [1.165, 1.54) is 34.2 Å². The molecule has 31 heavy (non-hydrogen) atoms. The number of nitrogens with zero attached hydrogens (tertiary/aromatic N) is 2. The van der Waals surface area contributed by atoms with E-state index < -0.39 is 0 Å². The number of rotatable bonds is 5. The lowest BCUT2D eigenvalue weighted by molar-refractivity contribution is -0.119. The summed E-state index contributed by atoms with van der Waals surface area (Å²) in [6, 6.07) is 17.9. The topological polar surface area (TPSA) is 64.0 Å². The predicted molar refractivity (Wildman–Crippen MR) is 126 cm³/mol. The van der Waals surface area contributed by atoms with E-state index in [9.17, 15) is 9.59 Å². The lowest BCUT2D eigenvalue weighted by atomic mass is 10.1. The van der Waals surface area contributed by atoms with Gasteiger partial charge >= 0.3 is 0 Å². The summed E-state index contributed by atoms with van der Waals surface area (Å²) in [4.78, 5) is 30.6. The van der Waals surface area contributed by atoms with Crippen molar-refractivity contribution in [2.75, 3.05) is 5.75 Å². The third-order valence-corrected chi connectivity index (χ3v) is 7.34. The molecule has 7 heteroatoms. The monoisotopic (exact) mass is 447 g/mol. The number of carbonyl (C=O) groups excluding carboxylic acids is 1. The van der Waals surface area contributed by atoms with Gasteiger partial charge in [-0.25, -0.2) is 4.98 Å². The molecule has 0 fully saturated rings. The lowest BCUT2D eigenvalue weighted by Gasteiger charge is -2.15. The van der Waals surface area contributed by atoms with Crippen LogP contribution >= 0.6 is 23.1 Å². The quantitative estimate of drug-likeness (QED) is 0.357. The molecule has 0 aliphatic heterocycles. The largest absolute Gasteiger partial charge is 0.349 e. The molecule has 0 saturated heterocycles. The molecule has 5 rings (SSSR count). The van der Waals surface area contributed by atoms with Gasteiger partial charge in [-0.2, -0.15) is 0 Å². The summed E-state index contributed by atoms with van der Waals surface area (Å²) >= 11 is 2.69. The number of hydrogen-bond donors (Lipinski definition) is 1. The van der Waals surface area contributed by atoms with Crippen molar-refractivity contribution in [1.29, 1.82) is 0 Å². The second-order valence-electron chi connectivity index (χ2n) is 7.66. The van der Waals surface area contributed by atoms with E-state index in [4.69, 9.17) is 4.98 Å². The number of fused-ring (bicyclic) bond motifs is 2. The van der Waals surface area contributed by atoms with Crippen molar-refractivity contribution < 1.29 is 4.79 Å². The van der Waals surface area contributed by atoms with Gasteiger partial charge in [0.1, 0.15) is 4.70 Å². The third kappa shape index (κ3) is 3.91. The predicted octanol–water partition coefficient (Wildman–Crippen LogP) is 4.65. The zero-order valence-corrected chi connectivity index (χ0v) is 18.6. The number of aromatic nitrogens is 2. The van der Waals surface area contributed by atoms with Gasteiger partial charge in [0.25, 0.3) is 5.56 Å². The summed E-state index contributed by atoms with van der Waals surface area (Å²) in [6.07, 6.45) is 1.90. The van der Waals surface area contributed by atoms with Crippen molar-refractivity contribution in [3.63, 3.8) is 0 Å². The molecule has 0 unspecified atom stereocenters. The van der Waals surface area contributed by atoms with Gasteiger partial charge in [-0.3, -0.25) is 14.2 Å². The zero-order chi connectivity index (χ0) is 21.4. The number of aryl methyl sites for hydroxylation is 2.